The zero-order valence-electron chi connectivity index (χ0n) is 14.5. The van der Waals surface area contributed by atoms with Crippen molar-refractivity contribution in [3.63, 3.8) is 0 Å². The van der Waals surface area contributed by atoms with Crippen LogP contribution >= 0.6 is 11.6 Å². The Morgan fingerprint density at radius 3 is 2.42 bits per heavy atom. The van der Waals surface area contributed by atoms with Gasteiger partial charge in [-0.15, -0.1) is 0 Å². The van der Waals surface area contributed by atoms with E-state index in [1.807, 2.05) is 42.7 Å². The summed E-state index contributed by atoms with van der Waals surface area (Å²) < 4.78 is 3.43. The van der Waals surface area contributed by atoms with Crippen molar-refractivity contribution in [1.82, 2.24) is 9.13 Å². The van der Waals surface area contributed by atoms with E-state index in [0.717, 1.165) is 24.3 Å². The third-order valence-electron chi connectivity index (χ3n) is 4.94. The summed E-state index contributed by atoms with van der Waals surface area (Å²) in [7, 11) is 0. The van der Waals surface area contributed by atoms with Crippen LogP contribution in [0.3, 0.4) is 0 Å². The molecular weight excluding hydrogens is 346 g/mol. The van der Waals surface area contributed by atoms with Crippen LogP contribution in [-0.2, 0) is 5.66 Å². The van der Waals surface area contributed by atoms with E-state index in [-0.39, 0.29) is 5.69 Å². The molecule has 0 spiro atoms. The predicted molar refractivity (Wildman–Crippen MR) is 106 cm³/mol. The molecule has 1 aliphatic rings. The second kappa shape index (κ2) is 6.54. The number of benzene rings is 2. The summed E-state index contributed by atoms with van der Waals surface area (Å²) in [6.07, 6.45) is 8.87. The quantitative estimate of drug-likeness (QED) is 0.643. The summed E-state index contributed by atoms with van der Waals surface area (Å²) in [4.78, 5) is 15.4. The van der Waals surface area contributed by atoms with Gasteiger partial charge in [-0.2, -0.15) is 0 Å². The summed E-state index contributed by atoms with van der Waals surface area (Å²) >= 11 is 5.97. The molecule has 0 N–H and O–H groups in total. The first-order chi connectivity index (χ1) is 12.6. The highest BCUT2D eigenvalue weighted by atomic mass is 35.5. The minimum absolute atomic E-state index is 0.0812. The van der Waals surface area contributed by atoms with Crippen molar-refractivity contribution in [2.75, 3.05) is 11.4 Å². The first-order valence-electron chi connectivity index (χ1n) is 8.66. The Hall–Kier alpha value is -2.72. The Morgan fingerprint density at radius 2 is 1.69 bits per heavy atom. The fourth-order valence-electron chi connectivity index (χ4n) is 3.55. The lowest BCUT2D eigenvalue weighted by Gasteiger charge is -2.43. The van der Waals surface area contributed by atoms with Gasteiger partial charge in [-0.1, -0.05) is 35.9 Å². The number of hydrogen-bond acceptors (Lipinski definition) is 2. The van der Waals surface area contributed by atoms with Crippen molar-refractivity contribution in [3.8, 4) is 5.69 Å². The van der Waals surface area contributed by atoms with Crippen LogP contribution in [0.5, 0.6) is 0 Å². The molecule has 0 saturated heterocycles. The Bertz CT molecular complexity index is 988. The molecule has 0 amide bonds. The lowest BCUT2D eigenvalue weighted by atomic mass is 10.0. The molecule has 4 nitrogen and oxygen atoms in total. The number of para-hydroxylation sites is 1. The lowest BCUT2D eigenvalue weighted by Crippen LogP contribution is -2.53. The standard InChI is InChI=1S/C21H20ClN3O/c1-21(13-5-6-14-24(21)19-7-3-2-4-8-19)25-16-15-23(20(25)26)18-11-9-17(22)10-12-18/h2-5,7-13,15-16H,6,14H2,1H3. The van der Waals surface area contributed by atoms with Crippen molar-refractivity contribution in [1.29, 1.82) is 0 Å². The highest BCUT2D eigenvalue weighted by Crippen LogP contribution is 2.32. The minimum Gasteiger partial charge on any atom is -0.345 e. The van der Waals surface area contributed by atoms with Gasteiger partial charge in [-0.25, -0.2) is 4.79 Å². The number of imidazole rings is 1. The molecule has 26 heavy (non-hydrogen) atoms. The van der Waals surface area contributed by atoms with Crippen LogP contribution in [0, 0.1) is 0 Å². The number of hydrogen-bond donors (Lipinski definition) is 0. The molecule has 3 aromatic rings. The van der Waals surface area contributed by atoms with Gasteiger partial charge in [0.1, 0.15) is 5.66 Å². The average molecular weight is 366 g/mol. The monoisotopic (exact) mass is 365 g/mol. The Labute approximate surface area is 157 Å². The zero-order chi connectivity index (χ0) is 18.1. The maximum absolute atomic E-state index is 13.2. The van der Waals surface area contributed by atoms with Gasteiger partial charge in [0.05, 0.1) is 5.69 Å². The summed E-state index contributed by atoms with van der Waals surface area (Å²) in [5.41, 5.74) is 1.26. The molecule has 4 rings (SSSR count). The van der Waals surface area contributed by atoms with Gasteiger partial charge >= 0.3 is 5.69 Å². The summed E-state index contributed by atoms with van der Waals surface area (Å²) in [6, 6.07) is 17.5. The molecule has 1 aromatic heterocycles. The fraction of sp³-hybridized carbons (Fsp3) is 0.190. The van der Waals surface area contributed by atoms with Crippen molar-refractivity contribution in [3.05, 3.63) is 94.6 Å². The van der Waals surface area contributed by atoms with E-state index < -0.39 is 5.66 Å². The van der Waals surface area contributed by atoms with Crippen LogP contribution in [0.4, 0.5) is 5.69 Å². The number of halogens is 1. The fourth-order valence-corrected chi connectivity index (χ4v) is 3.68. The highest BCUT2D eigenvalue weighted by Gasteiger charge is 2.35. The number of rotatable bonds is 3. The molecule has 5 heteroatoms. The molecule has 0 saturated carbocycles. The molecule has 1 atom stereocenters. The van der Waals surface area contributed by atoms with Gasteiger partial charge in [-0.05, 0) is 55.8 Å². The van der Waals surface area contributed by atoms with Gasteiger partial charge in [0.25, 0.3) is 0 Å². The zero-order valence-corrected chi connectivity index (χ0v) is 15.3. The van der Waals surface area contributed by atoms with Crippen LogP contribution in [0.25, 0.3) is 5.69 Å². The minimum atomic E-state index is -0.561. The van der Waals surface area contributed by atoms with Crippen LogP contribution in [0.1, 0.15) is 13.3 Å². The first kappa shape index (κ1) is 16.7. The van der Waals surface area contributed by atoms with Crippen molar-refractivity contribution < 1.29 is 0 Å². The predicted octanol–water partition coefficient (Wildman–Crippen LogP) is 4.43. The second-order valence-corrected chi connectivity index (χ2v) is 7.01. The molecule has 2 heterocycles. The smallest absolute Gasteiger partial charge is 0.334 e. The number of nitrogens with zero attached hydrogens (tertiary/aromatic N) is 3. The topological polar surface area (TPSA) is 30.2 Å². The van der Waals surface area contributed by atoms with Gasteiger partial charge in [0, 0.05) is 29.6 Å². The van der Waals surface area contributed by atoms with Gasteiger partial charge < -0.3 is 4.90 Å². The molecule has 2 aromatic carbocycles. The molecule has 1 unspecified atom stereocenters. The first-order valence-corrected chi connectivity index (χ1v) is 9.04. The van der Waals surface area contributed by atoms with Crippen molar-refractivity contribution in [2.45, 2.75) is 19.0 Å². The average Bonchev–Trinajstić information content (AvgIpc) is 3.06. The molecule has 0 fully saturated rings. The highest BCUT2D eigenvalue weighted by molar-refractivity contribution is 6.30. The van der Waals surface area contributed by atoms with Crippen molar-refractivity contribution >= 4 is 17.3 Å². The number of anilines is 1. The summed E-state index contributed by atoms with van der Waals surface area (Å²) in [5.74, 6) is 0. The van der Waals surface area contributed by atoms with Crippen LogP contribution < -0.4 is 10.6 Å². The summed E-state index contributed by atoms with van der Waals surface area (Å²) in [5, 5.41) is 0.652. The van der Waals surface area contributed by atoms with Crippen LogP contribution in [-0.4, -0.2) is 15.7 Å². The third kappa shape index (κ3) is 2.76. The van der Waals surface area contributed by atoms with E-state index in [4.69, 9.17) is 11.6 Å². The van der Waals surface area contributed by atoms with E-state index in [1.54, 1.807) is 21.3 Å². The van der Waals surface area contributed by atoms with E-state index in [9.17, 15) is 4.79 Å². The van der Waals surface area contributed by atoms with Gasteiger partial charge in [0.15, 0.2) is 0 Å². The maximum atomic E-state index is 13.2. The molecular formula is C21H20ClN3O. The Morgan fingerprint density at radius 1 is 0.962 bits per heavy atom. The van der Waals surface area contributed by atoms with E-state index in [1.165, 1.54) is 0 Å². The SMILES string of the molecule is CC1(n2ccn(-c3ccc(Cl)cc3)c2=O)C=CCCN1c1ccccc1. The van der Waals surface area contributed by atoms with E-state index >= 15 is 0 Å². The normalized spacial score (nSPS) is 19.7. The molecule has 132 valence electrons. The maximum Gasteiger partial charge on any atom is 0.334 e. The molecule has 0 bridgehead atoms. The largest absolute Gasteiger partial charge is 0.345 e. The second-order valence-electron chi connectivity index (χ2n) is 6.57. The number of aromatic nitrogens is 2. The van der Waals surface area contributed by atoms with Crippen LogP contribution in [0.2, 0.25) is 5.02 Å². The Kier molecular flexibility index (Phi) is 4.21. The Balaban J connectivity index is 1.80. The van der Waals surface area contributed by atoms with E-state index in [2.05, 4.69) is 36.1 Å². The van der Waals surface area contributed by atoms with Crippen molar-refractivity contribution in [2.24, 2.45) is 0 Å². The lowest BCUT2D eigenvalue weighted by molar-refractivity contribution is 0.360. The van der Waals surface area contributed by atoms with E-state index in [0.29, 0.717) is 5.02 Å². The van der Waals surface area contributed by atoms with Crippen LogP contribution in [0.15, 0.2) is 83.9 Å². The molecule has 0 radical (unpaired) electrons. The molecule has 1 aliphatic heterocycles. The molecule has 0 aliphatic carbocycles. The van der Waals surface area contributed by atoms with Gasteiger partial charge in [0.2, 0.25) is 0 Å². The van der Waals surface area contributed by atoms with Gasteiger partial charge in [-0.3, -0.25) is 9.13 Å². The third-order valence-corrected chi connectivity index (χ3v) is 5.19. The summed E-state index contributed by atoms with van der Waals surface area (Å²) in [6.45, 7) is 2.93.